The summed E-state index contributed by atoms with van der Waals surface area (Å²) < 4.78 is 18.0. The van der Waals surface area contributed by atoms with Gasteiger partial charge in [-0.15, -0.1) is 0 Å². The zero-order chi connectivity index (χ0) is 18.1. The maximum Gasteiger partial charge on any atom is 0.125 e. The molecule has 0 spiro atoms. The van der Waals surface area contributed by atoms with Gasteiger partial charge in [-0.3, -0.25) is 10.1 Å². The van der Waals surface area contributed by atoms with Crippen molar-refractivity contribution >= 4 is 10.8 Å². The molecule has 0 aromatic heterocycles. The van der Waals surface area contributed by atoms with Crippen LogP contribution in [0.2, 0.25) is 0 Å². The van der Waals surface area contributed by atoms with Gasteiger partial charge in [-0.1, -0.05) is 30.3 Å². The number of hydrazine groups is 1. The lowest BCUT2D eigenvalue weighted by Crippen LogP contribution is -2.44. The third-order valence-corrected chi connectivity index (χ3v) is 6.48. The zero-order valence-electron chi connectivity index (χ0n) is 15.2. The van der Waals surface area contributed by atoms with Crippen LogP contribution in [0.25, 0.3) is 0 Å². The van der Waals surface area contributed by atoms with Crippen molar-refractivity contribution < 1.29 is 8.95 Å². The fourth-order valence-electron chi connectivity index (χ4n) is 4.39. The quantitative estimate of drug-likeness (QED) is 0.840. The second kappa shape index (κ2) is 7.51. The molecule has 2 aliphatic rings. The summed E-state index contributed by atoms with van der Waals surface area (Å²) >= 11 is 0. The van der Waals surface area contributed by atoms with Gasteiger partial charge in [-0.05, 0) is 54.0 Å². The van der Waals surface area contributed by atoms with Crippen molar-refractivity contribution in [2.24, 2.45) is 11.8 Å². The van der Waals surface area contributed by atoms with Crippen molar-refractivity contribution in [2.75, 3.05) is 19.4 Å². The Morgan fingerprint density at radius 3 is 2.85 bits per heavy atom. The molecule has 2 aliphatic heterocycles. The van der Waals surface area contributed by atoms with Crippen LogP contribution >= 0.6 is 0 Å². The van der Waals surface area contributed by atoms with Gasteiger partial charge in [-0.25, -0.2) is 5.01 Å². The largest absolute Gasteiger partial charge is 0.493 e. The number of nitrogens with zero attached hydrogens (tertiary/aromatic N) is 1. The number of hydrogen-bond donors (Lipinski definition) is 1. The van der Waals surface area contributed by atoms with Gasteiger partial charge in [0.15, 0.2) is 0 Å². The summed E-state index contributed by atoms with van der Waals surface area (Å²) in [5, 5.41) is 1.99. The summed E-state index contributed by atoms with van der Waals surface area (Å²) in [5.41, 5.74) is 3.66. The van der Waals surface area contributed by atoms with E-state index in [-0.39, 0.29) is 6.04 Å². The minimum absolute atomic E-state index is 0.206. The smallest absolute Gasteiger partial charge is 0.125 e. The molecule has 138 valence electrons. The van der Waals surface area contributed by atoms with Gasteiger partial charge in [0, 0.05) is 34.9 Å². The van der Waals surface area contributed by atoms with E-state index in [4.69, 9.17) is 10.6 Å². The Labute approximate surface area is 157 Å². The highest BCUT2D eigenvalue weighted by molar-refractivity contribution is 7.84. The Balaban J connectivity index is 1.68. The summed E-state index contributed by atoms with van der Waals surface area (Å²) in [6, 6.07) is 14.9. The van der Waals surface area contributed by atoms with Crippen LogP contribution in [0.3, 0.4) is 0 Å². The normalized spacial score (nSPS) is 24.1. The van der Waals surface area contributed by atoms with E-state index >= 15 is 0 Å². The standard InChI is InChI=1S/C21H26N2O2S/c1-26(24)19-13-17-9-11-25-21(17)18(14-19)12-16-8-5-10-23(22)20(16)15-6-3-2-4-7-15/h2-4,6-7,13-14,16,20H,5,8-12,22H2,1H3/t16-,20+,26?/m0/s1. The van der Waals surface area contributed by atoms with Crippen LogP contribution in [0, 0.1) is 5.92 Å². The van der Waals surface area contributed by atoms with Crippen molar-refractivity contribution in [1.82, 2.24) is 5.01 Å². The van der Waals surface area contributed by atoms with Crippen LogP contribution in [0.15, 0.2) is 47.4 Å². The average molecular weight is 371 g/mol. The Hall–Kier alpha value is -1.69. The topological polar surface area (TPSA) is 55.6 Å². The predicted octanol–water partition coefficient (Wildman–Crippen LogP) is 3.23. The number of benzene rings is 2. The Bertz CT molecular complexity index is 809. The number of ether oxygens (including phenoxy) is 1. The Morgan fingerprint density at radius 2 is 2.08 bits per heavy atom. The maximum atomic E-state index is 12.1. The molecule has 3 atom stereocenters. The first-order valence-corrected chi connectivity index (χ1v) is 10.9. The minimum atomic E-state index is -0.981. The number of hydrogen-bond acceptors (Lipinski definition) is 4. The molecule has 5 heteroatoms. The van der Waals surface area contributed by atoms with Crippen molar-refractivity contribution in [2.45, 2.75) is 36.6 Å². The molecule has 0 aliphatic carbocycles. The van der Waals surface area contributed by atoms with E-state index < -0.39 is 10.8 Å². The second-order valence-corrected chi connectivity index (χ2v) is 8.70. The molecule has 26 heavy (non-hydrogen) atoms. The zero-order valence-corrected chi connectivity index (χ0v) is 16.0. The molecular formula is C21H26N2O2S. The molecule has 0 radical (unpaired) electrons. The van der Waals surface area contributed by atoms with Gasteiger partial charge in [-0.2, -0.15) is 0 Å². The molecule has 2 aromatic carbocycles. The molecule has 2 aromatic rings. The van der Waals surface area contributed by atoms with Gasteiger partial charge in [0.1, 0.15) is 5.75 Å². The number of rotatable bonds is 4. The molecule has 1 saturated heterocycles. The third kappa shape index (κ3) is 3.43. The van der Waals surface area contributed by atoms with E-state index in [0.29, 0.717) is 5.92 Å². The first-order chi connectivity index (χ1) is 12.6. The molecule has 0 bridgehead atoms. The van der Waals surface area contributed by atoms with E-state index in [9.17, 15) is 4.21 Å². The van der Waals surface area contributed by atoms with Crippen molar-refractivity contribution in [3.63, 3.8) is 0 Å². The van der Waals surface area contributed by atoms with Crippen LogP contribution in [0.5, 0.6) is 5.75 Å². The van der Waals surface area contributed by atoms with E-state index in [1.165, 1.54) is 16.7 Å². The summed E-state index contributed by atoms with van der Waals surface area (Å²) in [5.74, 6) is 7.83. The highest BCUT2D eigenvalue weighted by Crippen LogP contribution is 2.40. The van der Waals surface area contributed by atoms with Crippen LogP contribution in [0.1, 0.15) is 35.6 Å². The fourth-order valence-corrected chi connectivity index (χ4v) is 5.00. The summed E-state index contributed by atoms with van der Waals surface area (Å²) in [7, 11) is -0.981. The Kier molecular flexibility index (Phi) is 5.11. The first kappa shape index (κ1) is 17.7. The molecule has 1 fully saturated rings. The van der Waals surface area contributed by atoms with Gasteiger partial charge in [0.05, 0.1) is 12.6 Å². The lowest BCUT2D eigenvalue weighted by molar-refractivity contribution is 0.0922. The molecule has 2 N–H and O–H groups in total. The van der Waals surface area contributed by atoms with Gasteiger partial charge >= 0.3 is 0 Å². The first-order valence-electron chi connectivity index (χ1n) is 9.32. The van der Waals surface area contributed by atoms with Gasteiger partial charge < -0.3 is 4.74 Å². The average Bonchev–Trinajstić information content (AvgIpc) is 3.11. The molecule has 4 rings (SSSR count). The lowest BCUT2D eigenvalue weighted by Gasteiger charge is -2.39. The molecule has 0 amide bonds. The Morgan fingerprint density at radius 1 is 1.27 bits per heavy atom. The van der Waals surface area contributed by atoms with Crippen molar-refractivity contribution in [3.05, 3.63) is 59.2 Å². The van der Waals surface area contributed by atoms with E-state index in [0.717, 1.165) is 49.5 Å². The van der Waals surface area contributed by atoms with E-state index in [1.54, 1.807) is 6.26 Å². The third-order valence-electron chi connectivity index (χ3n) is 5.58. The summed E-state index contributed by atoms with van der Waals surface area (Å²) in [6.45, 7) is 1.64. The number of fused-ring (bicyclic) bond motifs is 1. The maximum absolute atomic E-state index is 12.1. The van der Waals surface area contributed by atoms with Crippen LogP contribution < -0.4 is 10.6 Å². The van der Waals surface area contributed by atoms with Crippen molar-refractivity contribution in [1.29, 1.82) is 0 Å². The van der Waals surface area contributed by atoms with Crippen molar-refractivity contribution in [3.8, 4) is 5.75 Å². The number of piperidine rings is 1. The van der Waals surface area contributed by atoms with E-state index in [2.05, 4.69) is 30.3 Å². The second-order valence-electron chi connectivity index (χ2n) is 7.32. The van der Waals surface area contributed by atoms with Crippen LogP contribution in [-0.2, 0) is 23.6 Å². The number of nitrogens with two attached hydrogens (primary N) is 1. The minimum Gasteiger partial charge on any atom is -0.493 e. The summed E-state index contributed by atoms with van der Waals surface area (Å²) in [4.78, 5) is 0.904. The monoisotopic (exact) mass is 370 g/mol. The molecule has 2 heterocycles. The highest BCUT2D eigenvalue weighted by Gasteiger charge is 2.32. The molecule has 0 saturated carbocycles. The lowest BCUT2D eigenvalue weighted by atomic mass is 9.81. The van der Waals surface area contributed by atoms with Gasteiger partial charge in [0.25, 0.3) is 0 Å². The molecule has 1 unspecified atom stereocenters. The molecule has 4 nitrogen and oxygen atoms in total. The van der Waals surface area contributed by atoms with Crippen LogP contribution in [-0.4, -0.2) is 28.6 Å². The van der Waals surface area contributed by atoms with Crippen LogP contribution in [0.4, 0.5) is 0 Å². The molecular weight excluding hydrogens is 344 g/mol. The fraction of sp³-hybridized carbons (Fsp3) is 0.429. The predicted molar refractivity (Wildman–Crippen MR) is 104 cm³/mol. The van der Waals surface area contributed by atoms with E-state index in [1.807, 2.05) is 17.1 Å². The van der Waals surface area contributed by atoms with Gasteiger partial charge in [0.2, 0.25) is 0 Å². The highest BCUT2D eigenvalue weighted by atomic mass is 32.2. The SMILES string of the molecule is CS(=O)c1cc2c(c(C[C@@H]3CCCN(N)[C@@H]3c3ccccc3)c1)OCC2. The summed E-state index contributed by atoms with van der Waals surface area (Å²) in [6.07, 6.45) is 5.80.